The lowest BCUT2D eigenvalue weighted by Gasteiger charge is -2.08. The molecule has 0 saturated carbocycles. The van der Waals surface area contributed by atoms with Crippen LogP contribution in [0.1, 0.15) is 12.5 Å². The fourth-order valence-corrected chi connectivity index (χ4v) is 3.83. The molecule has 1 aromatic heterocycles. The summed E-state index contributed by atoms with van der Waals surface area (Å²) in [5.74, 6) is 1.12. The van der Waals surface area contributed by atoms with E-state index in [1.165, 1.54) is 11.3 Å². The molecule has 0 bridgehead atoms. The maximum Gasteiger partial charge on any atom is 0.252 e. The lowest BCUT2D eigenvalue weighted by Crippen LogP contribution is -2.16. The van der Waals surface area contributed by atoms with Gasteiger partial charge in [-0.25, -0.2) is 0 Å². The van der Waals surface area contributed by atoms with Crippen molar-refractivity contribution in [3.05, 3.63) is 52.8 Å². The molecule has 0 aliphatic carbocycles. The van der Waals surface area contributed by atoms with E-state index < -0.39 is 0 Å². The number of hydrogen-bond acceptors (Lipinski definition) is 4. The van der Waals surface area contributed by atoms with Crippen molar-refractivity contribution in [2.75, 3.05) is 14.2 Å². The number of hydrogen-bond donors (Lipinski definition) is 0. The molecule has 0 aliphatic rings. The molecule has 0 saturated heterocycles. The van der Waals surface area contributed by atoms with E-state index in [-0.39, 0.29) is 12.3 Å². The number of aromatic nitrogens is 1. The Bertz CT molecular complexity index is 972. The standard InChI is InChI=1S/C19H20N2O3S/c1-4-21-15-7-5-6-8-17(15)25-19(21)20-18(22)11-13-9-10-14(23-2)12-16(13)24-3/h5-10,12H,4,11H2,1-3H3. The monoisotopic (exact) mass is 356 g/mol. The van der Waals surface area contributed by atoms with Gasteiger partial charge < -0.3 is 14.0 Å². The van der Waals surface area contributed by atoms with Crippen molar-refractivity contribution in [3.63, 3.8) is 0 Å². The predicted octanol–water partition coefficient (Wildman–Crippen LogP) is 3.41. The maximum atomic E-state index is 12.5. The van der Waals surface area contributed by atoms with Crippen molar-refractivity contribution in [1.82, 2.24) is 4.57 Å². The van der Waals surface area contributed by atoms with Gasteiger partial charge in [0, 0.05) is 18.2 Å². The van der Waals surface area contributed by atoms with Crippen molar-refractivity contribution in [2.45, 2.75) is 19.9 Å². The van der Waals surface area contributed by atoms with Crippen molar-refractivity contribution < 1.29 is 14.3 Å². The number of rotatable bonds is 5. The molecule has 0 spiro atoms. The van der Waals surface area contributed by atoms with Crippen LogP contribution in [0.5, 0.6) is 11.5 Å². The second-order valence-electron chi connectivity index (χ2n) is 5.46. The van der Waals surface area contributed by atoms with E-state index in [9.17, 15) is 4.79 Å². The summed E-state index contributed by atoms with van der Waals surface area (Å²) in [6.45, 7) is 2.82. The number of ether oxygens (including phenoxy) is 2. The number of carbonyl (C=O) groups is 1. The first kappa shape index (κ1) is 17.2. The molecule has 3 rings (SSSR count). The zero-order valence-corrected chi connectivity index (χ0v) is 15.3. The van der Waals surface area contributed by atoms with Gasteiger partial charge in [-0.3, -0.25) is 4.79 Å². The second kappa shape index (κ2) is 7.53. The van der Waals surface area contributed by atoms with Gasteiger partial charge in [-0.1, -0.05) is 29.5 Å². The first-order chi connectivity index (χ1) is 12.2. The molecule has 0 radical (unpaired) electrons. The third kappa shape index (κ3) is 3.58. The zero-order chi connectivity index (χ0) is 17.8. The number of methoxy groups -OCH3 is 2. The first-order valence-corrected chi connectivity index (χ1v) is 8.84. The van der Waals surface area contributed by atoms with E-state index in [1.807, 2.05) is 36.4 Å². The number of para-hydroxylation sites is 1. The van der Waals surface area contributed by atoms with Crippen LogP contribution in [0.15, 0.2) is 47.5 Å². The molecule has 0 unspecified atom stereocenters. The number of amides is 1. The number of aryl methyl sites for hydroxylation is 1. The Kier molecular flexibility index (Phi) is 5.19. The van der Waals surface area contributed by atoms with Crippen LogP contribution < -0.4 is 14.3 Å². The minimum Gasteiger partial charge on any atom is -0.497 e. The minimum absolute atomic E-state index is 0.186. The smallest absolute Gasteiger partial charge is 0.252 e. The molecule has 3 aromatic rings. The van der Waals surface area contributed by atoms with Gasteiger partial charge in [0.05, 0.1) is 30.9 Å². The predicted molar refractivity (Wildman–Crippen MR) is 99.3 cm³/mol. The Labute approximate surface area is 150 Å². The summed E-state index contributed by atoms with van der Waals surface area (Å²) in [6, 6.07) is 13.5. The molecule has 2 aromatic carbocycles. The largest absolute Gasteiger partial charge is 0.497 e. The lowest BCUT2D eigenvalue weighted by molar-refractivity contribution is -0.117. The SMILES string of the molecule is CCn1c(=NC(=O)Cc2ccc(OC)cc2OC)sc2ccccc21. The quantitative estimate of drug-likeness (QED) is 0.704. The number of benzene rings is 2. The van der Waals surface area contributed by atoms with Gasteiger partial charge in [-0.2, -0.15) is 4.99 Å². The summed E-state index contributed by atoms with van der Waals surface area (Å²) >= 11 is 1.53. The number of fused-ring (bicyclic) bond motifs is 1. The normalized spacial score (nSPS) is 11.7. The minimum atomic E-state index is -0.197. The third-order valence-corrected chi connectivity index (χ3v) is 5.02. The molecule has 130 valence electrons. The fourth-order valence-electron chi connectivity index (χ4n) is 2.72. The number of thiazole rings is 1. The molecule has 0 N–H and O–H groups in total. The summed E-state index contributed by atoms with van der Waals surface area (Å²) in [5, 5.41) is 0. The van der Waals surface area contributed by atoms with Crippen molar-refractivity contribution in [2.24, 2.45) is 4.99 Å². The highest BCUT2D eigenvalue weighted by atomic mass is 32.1. The van der Waals surface area contributed by atoms with Crippen LogP contribution in [0.25, 0.3) is 10.2 Å². The summed E-state index contributed by atoms with van der Waals surface area (Å²) in [7, 11) is 3.18. The molecule has 5 nitrogen and oxygen atoms in total. The van der Waals surface area contributed by atoms with Crippen LogP contribution in [0.2, 0.25) is 0 Å². The van der Waals surface area contributed by atoms with Crippen LogP contribution in [0.4, 0.5) is 0 Å². The van der Waals surface area contributed by atoms with Gasteiger partial charge in [0.1, 0.15) is 11.5 Å². The van der Waals surface area contributed by atoms with Gasteiger partial charge >= 0.3 is 0 Å². The van der Waals surface area contributed by atoms with Crippen molar-refractivity contribution in [3.8, 4) is 11.5 Å². The Morgan fingerprint density at radius 2 is 1.96 bits per heavy atom. The van der Waals surface area contributed by atoms with E-state index in [4.69, 9.17) is 9.47 Å². The molecular formula is C19H20N2O3S. The van der Waals surface area contributed by atoms with Crippen LogP contribution in [-0.2, 0) is 17.8 Å². The molecule has 1 heterocycles. The molecule has 6 heteroatoms. The number of carbonyl (C=O) groups excluding carboxylic acids is 1. The highest BCUT2D eigenvalue weighted by Gasteiger charge is 2.11. The van der Waals surface area contributed by atoms with E-state index in [0.29, 0.717) is 11.5 Å². The zero-order valence-electron chi connectivity index (χ0n) is 14.5. The van der Waals surface area contributed by atoms with Gasteiger partial charge in [0.2, 0.25) is 0 Å². The highest BCUT2D eigenvalue weighted by Crippen LogP contribution is 2.25. The average molecular weight is 356 g/mol. The third-order valence-electron chi connectivity index (χ3n) is 3.96. The summed E-state index contributed by atoms with van der Waals surface area (Å²) in [5.41, 5.74) is 1.89. The van der Waals surface area contributed by atoms with E-state index >= 15 is 0 Å². The second-order valence-corrected chi connectivity index (χ2v) is 6.47. The van der Waals surface area contributed by atoms with Crippen LogP contribution >= 0.6 is 11.3 Å². The van der Waals surface area contributed by atoms with Gasteiger partial charge in [-0.05, 0) is 25.1 Å². The van der Waals surface area contributed by atoms with E-state index in [0.717, 1.165) is 27.1 Å². The molecule has 0 fully saturated rings. The van der Waals surface area contributed by atoms with Crippen LogP contribution in [-0.4, -0.2) is 24.7 Å². The van der Waals surface area contributed by atoms with Gasteiger partial charge in [-0.15, -0.1) is 0 Å². The topological polar surface area (TPSA) is 52.8 Å². The van der Waals surface area contributed by atoms with Crippen molar-refractivity contribution >= 4 is 27.5 Å². The Hall–Kier alpha value is -2.60. The van der Waals surface area contributed by atoms with E-state index in [1.54, 1.807) is 20.3 Å². The molecule has 0 atom stereocenters. The number of nitrogens with zero attached hydrogens (tertiary/aromatic N) is 2. The van der Waals surface area contributed by atoms with Crippen LogP contribution in [0, 0.1) is 0 Å². The molecular weight excluding hydrogens is 336 g/mol. The van der Waals surface area contributed by atoms with Crippen molar-refractivity contribution in [1.29, 1.82) is 0 Å². The Morgan fingerprint density at radius 1 is 1.16 bits per heavy atom. The Balaban J connectivity index is 1.94. The van der Waals surface area contributed by atoms with Gasteiger partial charge in [0.25, 0.3) is 5.91 Å². The Morgan fingerprint density at radius 3 is 2.68 bits per heavy atom. The van der Waals surface area contributed by atoms with Crippen LogP contribution in [0.3, 0.4) is 0 Å². The summed E-state index contributed by atoms with van der Waals surface area (Å²) in [6.07, 6.45) is 0.186. The summed E-state index contributed by atoms with van der Waals surface area (Å²) < 4.78 is 13.7. The lowest BCUT2D eigenvalue weighted by atomic mass is 10.1. The fraction of sp³-hybridized carbons (Fsp3) is 0.263. The highest BCUT2D eigenvalue weighted by molar-refractivity contribution is 7.16. The maximum absolute atomic E-state index is 12.5. The van der Waals surface area contributed by atoms with Gasteiger partial charge in [0.15, 0.2) is 4.80 Å². The summed E-state index contributed by atoms with van der Waals surface area (Å²) in [4.78, 5) is 17.5. The molecule has 1 amide bonds. The average Bonchev–Trinajstić information content (AvgIpc) is 2.98. The molecule has 25 heavy (non-hydrogen) atoms. The van der Waals surface area contributed by atoms with E-state index in [2.05, 4.69) is 16.5 Å². The first-order valence-electron chi connectivity index (χ1n) is 8.03. The molecule has 0 aliphatic heterocycles.